The lowest BCUT2D eigenvalue weighted by Gasteiger charge is -2.23. The van der Waals surface area contributed by atoms with E-state index in [-0.39, 0.29) is 45.9 Å². The molecule has 2 aromatic heterocycles. The van der Waals surface area contributed by atoms with Gasteiger partial charge in [-0.05, 0) is 65.4 Å². The van der Waals surface area contributed by atoms with Gasteiger partial charge in [-0.25, -0.2) is 9.78 Å². The molecule has 0 unspecified atom stereocenters. The van der Waals surface area contributed by atoms with E-state index in [4.69, 9.17) is 38.7 Å². The predicted molar refractivity (Wildman–Crippen MR) is 186 cm³/mol. The summed E-state index contributed by atoms with van der Waals surface area (Å²) < 4.78 is 11.2. The van der Waals surface area contributed by atoms with Gasteiger partial charge in [-0.1, -0.05) is 18.2 Å². The van der Waals surface area contributed by atoms with Crippen LogP contribution in [0.3, 0.4) is 0 Å². The van der Waals surface area contributed by atoms with Crippen LogP contribution in [0.4, 0.5) is 5.69 Å². The second-order valence-corrected chi connectivity index (χ2v) is 11.9. The standard InChI is InChI=1S/C33H30B3N5O6S/c1-3-10-38-31(44)25-7-5-19(27(39-25)32(45)46-2)20-15-26-23(28-18(8-11-47-26)9-12-48-28)14-21(20)29(42)40-24-6-4-17(16-37)13-22(24)30(43)41-33(34,35)36/h4-7,9,12-15H,3,8,10-11,16,37H2,1-2H3,(H,38,44)(H,40,42)(H,41,43). The molecule has 4 aromatic rings. The monoisotopic (exact) mass is 657 g/mol. The van der Waals surface area contributed by atoms with Crippen molar-refractivity contribution in [2.24, 2.45) is 5.73 Å². The van der Waals surface area contributed by atoms with Crippen LogP contribution < -0.4 is 26.4 Å². The lowest BCUT2D eigenvalue weighted by atomic mass is 9.49. The molecule has 0 spiro atoms. The third kappa shape index (κ3) is 7.47. The van der Waals surface area contributed by atoms with Crippen LogP contribution in [0.5, 0.6) is 5.75 Å². The Hall–Kier alpha value is -4.88. The van der Waals surface area contributed by atoms with Gasteiger partial charge in [0.05, 0.1) is 48.5 Å². The van der Waals surface area contributed by atoms with Gasteiger partial charge < -0.3 is 31.2 Å². The molecule has 1 aliphatic heterocycles. The summed E-state index contributed by atoms with van der Waals surface area (Å²) in [5.74, 6) is -2.18. The van der Waals surface area contributed by atoms with Crippen LogP contribution in [0.2, 0.25) is 0 Å². The fourth-order valence-corrected chi connectivity index (χ4v) is 6.16. The number of hydrogen-bond acceptors (Lipinski definition) is 9. The molecule has 6 radical (unpaired) electrons. The molecule has 3 heterocycles. The van der Waals surface area contributed by atoms with Crippen molar-refractivity contribution in [2.75, 3.05) is 25.6 Å². The first-order valence-corrected chi connectivity index (χ1v) is 15.9. The number of amides is 3. The summed E-state index contributed by atoms with van der Waals surface area (Å²) in [5.41, 5.74) is 8.69. The van der Waals surface area contributed by atoms with Crippen LogP contribution in [0, 0.1) is 0 Å². The summed E-state index contributed by atoms with van der Waals surface area (Å²) in [4.78, 5) is 58.6. The maximum absolute atomic E-state index is 14.3. The highest BCUT2D eigenvalue weighted by Crippen LogP contribution is 2.43. The number of methoxy groups -OCH3 is 1. The highest BCUT2D eigenvalue weighted by molar-refractivity contribution is 7.13. The Balaban J connectivity index is 1.68. The van der Waals surface area contributed by atoms with E-state index in [1.807, 2.05) is 18.4 Å². The number of rotatable bonds is 10. The van der Waals surface area contributed by atoms with Gasteiger partial charge in [0.2, 0.25) is 0 Å². The summed E-state index contributed by atoms with van der Waals surface area (Å²) >= 11 is 1.50. The van der Waals surface area contributed by atoms with Crippen molar-refractivity contribution < 1.29 is 28.7 Å². The molecule has 0 bridgehead atoms. The molecule has 238 valence electrons. The quantitative estimate of drug-likeness (QED) is 0.150. The normalized spacial score (nSPS) is 12.1. The number of carbonyl (C=O) groups excluding carboxylic acids is 4. The molecule has 1 aliphatic rings. The second kappa shape index (κ2) is 14.5. The minimum absolute atomic E-state index is 0.000673. The van der Waals surface area contributed by atoms with Gasteiger partial charge in [-0.2, -0.15) is 0 Å². The molecule has 5 N–H and O–H groups in total. The number of benzene rings is 2. The van der Waals surface area contributed by atoms with Crippen molar-refractivity contribution in [2.45, 2.75) is 31.5 Å². The van der Waals surface area contributed by atoms with Gasteiger partial charge in [0.1, 0.15) is 11.4 Å². The molecular weight excluding hydrogens is 627 g/mol. The van der Waals surface area contributed by atoms with Gasteiger partial charge in [0.25, 0.3) is 17.7 Å². The van der Waals surface area contributed by atoms with Crippen molar-refractivity contribution in [3.05, 3.63) is 87.6 Å². The highest BCUT2D eigenvalue weighted by atomic mass is 32.1. The largest absolute Gasteiger partial charge is 0.493 e. The molecule has 11 nitrogen and oxygen atoms in total. The van der Waals surface area contributed by atoms with E-state index >= 15 is 0 Å². The lowest BCUT2D eigenvalue weighted by molar-refractivity contribution is 0.0594. The van der Waals surface area contributed by atoms with Crippen molar-refractivity contribution in [1.82, 2.24) is 15.6 Å². The Morgan fingerprint density at radius 2 is 1.77 bits per heavy atom. The fourth-order valence-electron chi connectivity index (χ4n) is 5.18. The molecular formula is C33H30B3N5O6S. The minimum Gasteiger partial charge on any atom is -0.493 e. The van der Waals surface area contributed by atoms with Crippen molar-refractivity contribution in [3.8, 4) is 27.3 Å². The van der Waals surface area contributed by atoms with Gasteiger partial charge >= 0.3 is 5.97 Å². The Bertz CT molecular complexity index is 1910. The van der Waals surface area contributed by atoms with E-state index in [1.165, 1.54) is 42.7 Å². The van der Waals surface area contributed by atoms with Crippen molar-refractivity contribution >= 4 is 64.3 Å². The minimum atomic E-state index is -2.03. The molecule has 48 heavy (non-hydrogen) atoms. The first-order chi connectivity index (χ1) is 22.9. The fraction of sp³-hybridized carbons (Fsp3) is 0.242. The van der Waals surface area contributed by atoms with E-state index in [0.29, 0.717) is 42.9 Å². The Morgan fingerprint density at radius 3 is 2.48 bits per heavy atom. The average molecular weight is 657 g/mol. The van der Waals surface area contributed by atoms with Crippen LogP contribution in [0.1, 0.15) is 66.2 Å². The number of aromatic nitrogens is 1. The Kier molecular flexibility index (Phi) is 10.4. The topological polar surface area (TPSA) is 162 Å². The highest BCUT2D eigenvalue weighted by Gasteiger charge is 2.28. The Morgan fingerprint density at radius 1 is 0.979 bits per heavy atom. The summed E-state index contributed by atoms with van der Waals surface area (Å²) in [6, 6.07) is 13.0. The van der Waals surface area contributed by atoms with Crippen molar-refractivity contribution in [3.63, 3.8) is 0 Å². The molecule has 0 saturated carbocycles. The maximum Gasteiger partial charge on any atom is 0.357 e. The van der Waals surface area contributed by atoms with Gasteiger partial charge in [0, 0.05) is 46.6 Å². The number of nitrogens with one attached hydrogen (secondary N) is 3. The molecule has 0 atom stereocenters. The van der Waals surface area contributed by atoms with E-state index in [9.17, 15) is 19.2 Å². The third-order valence-electron chi connectivity index (χ3n) is 7.46. The van der Waals surface area contributed by atoms with Gasteiger partial charge in [-0.3, -0.25) is 14.4 Å². The molecule has 2 aromatic carbocycles. The number of fused-ring (bicyclic) bond motifs is 3. The van der Waals surface area contributed by atoms with E-state index in [1.54, 1.807) is 18.2 Å². The maximum atomic E-state index is 14.3. The average Bonchev–Trinajstić information content (AvgIpc) is 3.46. The Labute approximate surface area is 285 Å². The van der Waals surface area contributed by atoms with Gasteiger partial charge in [-0.15, -0.1) is 11.3 Å². The number of hydrogen-bond donors (Lipinski definition) is 4. The molecule has 0 saturated heterocycles. The van der Waals surface area contributed by atoms with E-state index < -0.39 is 28.9 Å². The number of carbonyl (C=O) groups is 4. The number of ether oxygens (including phenoxy) is 2. The molecule has 3 amide bonds. The number of nitrogens with zero attached hydrogens (tertiary/aromatic N) is 1. The smallest absolute Gasteiger partial charge is 0.357 e. The molecule has 0 fully saturated rings. The summed E-state index contributed by atoms with van der Waals surface area (Å²) in [7, 11) is 18.0. The zero-order valence-corrected chi connectivity index (χ0v) is 27.2. The second-order valence-electron chi connectivity index (χ2n) is 11.0. The van der Waals surface area contributed by atoms with Crippen LogP contribution >= 0.6 is 11.3 Å². The lowest BCUT2D eigenvalue weighted by Crippen LogP contribution is -2.50. The van der Waals surface area contributed by atoms with Crippen LogP contribution in [0.15, 0.2) is 53.9 Å². The van der Waals surface area contributed by atoms with Crippen LogP contribution in [-0.4, -0.2) is 77.7 Å². The van der Waals surface area contributed by atoms with Crippen LogP contribution in [0.25, 0.3) is 21.6 Å². The molecule has 5 rings (SSSR count). The molecule has 0 aliphatic carbocycles. The van der Waals surface area contributed by atoms with Crippen molar-refractivity contribution in [1.29, 1.82) is 0 Å². The SMILES string of the molecule is [B]C([B])([B])NC(=O)c1cc(CN)ccc1NC(=O)c1cc2c(cc1-c1ccc(C(=O)NCCC)nc1C(=O)OC)OCCc1ccsc1-2. The van der Waals surface area contributed by atoms with E-state index in [0.717, 1.165) is 10.4 Å². The third-order valence-corrected chi connectivity index (χ3v) is 8.45. The summed E-state index contributed by atoms with van der Waals surface area (Å²) in [6.07, 6.45) is 1.36. The number of thiophene rings is 1. The summed E-state index contributed by atoms with van der Waals surface area (Å²) in [5, 5.41) is 7.76. The number of pyridine rings is 1. The molecule has 15 heteroatoms. The van der Waals surface area contributed by atoms with E-state index in [2.05, 4.69) is 20.9 Å². The predicted octanol–water partition coefficient (Wildman–Crippen LogP) is 2.90. The number of esters is 1. The zero-order chi connectivity index (χ0) is 34.6. The van der Waals surface area contributed by atoms with Gasteiger partial charge in [0.15, 0.2) is 5.69 Å². The first kappa shape index (κ1) is 34.5. The first-order valence-electron chi connectivity index (χ1n) is 15.0. The number of nitrogens with two attached hydrogens (primary N) is 1. The zero-order valence-electron chi connectivity index (χ0n) is 26.3. The number of anilines is 1. The summed E-state index contributed by atoms with van der Waals surface area (Å²) in [6.45, 7) is 2.83. The van der Waals surface area contributed by atoms with Crippen LogP contribution in [-0.2, 0) is 17.7 Å².